The van der Waals surface area contributed by atoms with Crippen LogP contribution in [0.4, 0.5) is 0 Å². The fourth-order valence-electron chi connectivity index (χ4n) is 2.51. The van der Waals surface area contributed by atoms with E-state index in [1.165, 1.54) is 0 Å². The standard InChI is InChI=1S/C23H21N3OS/c24-23(28)26-25-22(20-9-5-2-6-10-20)16-13-18-11-14-21(15-12-18)27-17-19-7-3-1-4-8-19/h1-16H,17H2,(H3,24,26,28)/b16-13+,25-22-. The maximum Gasteiger partial charge on any atom is 0.184 e. The minimum absolute atomic E-state index is 0.127. The molecule has 0 aliphatic carbocycles. The minimum Gasteiger partial charge on any atom is -0.489 e. The van der Waals surface area contributed by atoms with Crippen molar-refractivity contribution in [2.24, 2.45) is 10.8 Å². The number of thiocarbonyl (C=S) groups is 1. The van der Waals surface area contributed by atoms with Crippen LogP contribution in [-0.4, -0.2) is 10.8 Å². The Balaban J connectivity index is 1.67. The van der Waals surface area contributed by atoms with Crippen LogP contribution in [0.5, 0.6) is 5.75 Å². The summed E-state index contributed by atoms with van der Waals surface area (Å²) < 4.78 is 5.82. The maximum absolute atomic E-state index is 5.82. The number of nitrogens with one attached hydrogen (secondary N) is 1. The van der Waals surface area contributed by atoms with Crippen molar-refractivity contribution in [3.05, 3.63) is 108 Å². The quantitative estimate of drug-likeness (QED) is 0.356. The summed E-state index contributed by atoms with van der Waals surface area (Å²) in [6, 6.07) is 27.8. The monoisotopic (exact) mass is 387 g/mol. The first-order valence-corrected chi connectivity index (χ1v) is 9.25. The molecule has 0 heterocycles. The van der Waals surface area contributed by atoms with Crippen molar-refractivity contribution in [3.8, 4) is 5.75 Å². The Labute approximate surface area is 170 Å². The molecule has 4 nitrogen and oxygen atoms in total. The highest BCUT2D eigenvalue weighted by molar-refractivity contribution is 7.80. The van der Waals surface area contributed by atoms with E-state index < -0.39 is 0 Å². The van der Waals surface area contributed by atoms with Crippen LogP contribution in [0, 0.1) is 0 Å². The molecule has 3 rings (SSSR count). The summed E-state index contributed by atoms with van der Waals surface area (Å²) in [7, 11) is 0. The first-order chi connectivity index (χ1) is 13.7. The van der Waals surface area contributed by atoms with Gasteiger partial charge in [-0.3, -0.25) is 5.43 Å². The molecule has 0 saturated heterocycles. The molecular formula is C23H21N3OS. The molecule has 0 aliphatic rings. The fraction of sp³-hybridized carbons (Fsp3) is 0.0435. The lowest BCUT2D eigenvalue weighted by atomic mass is 10.1. The lowest BCUT2D eigenvalue weighted by Gasteiger charge is -2.06. The second-order valence-corrected chi connectivity index (χ2v) is 6.46. The molecule has 3 aromatic rings. The third-order valence-electron chi connectivity index (χ3n) is 3.92. The topological polar surface area (TPSA) is 59.6 Å². The van der Waals surface area contributed by atoms with Gasteiger partial charge in [0.1, 0.15) is 12.4 Å². The number of nitrogens with zero attached hydrogens (tertiary/aromatic N) is 1. The smallest absolute Gasteiger partial charge is 0.184 e. The summed E-state index contributed by atoms with van der Waals surface area (Å²) >= 11 is 4.84. The van der Waals surface area contributed by atoms with Crippen LogP contribution >= 0.6 is 12.2 Å². The molecular weight excluding hydrogens is 366 g/mol. The summed E-state index contributed by atoms with van der Waals surface area (Å²) in [6.07, 6.45) is 3.90. The Morgan fingerprint density at radius 3 is 2.21 bits per heavy atom. The Morgan fingerprint density at radius 1 is 0.929 bits per heavy atom. The summed E-state index contributed by atoms with van der Waals surface area (Å²) in [4.78, 5) is 0. The molecule has 0 amide bonds. The van der Waals surface area contributed by atoms with Crippen molar-refractivity contribution in [1.82, 2.24) is 5.43 Å². The molecule has 0 aromatic heterocycles. The molecule has 0 saturated carbocycles. The van der Waals surface area contributed by atoms with Gasteiger partial charge >= 0.3 is 0 Å². The van der Waals surface area contributed by atoms with Crippen molar-refractivity contribution < 1.29 is 4.74 Å². The van der Waals surface area contributed by atoms with Crippen LogP contribution in [0.2, 0.25) is 0 Å². The highest BCUT2D eigenvalue weighted by atomic mass is 32.1. The number of allylic oxidation sites excluding steroid dienone is 1. The zero-order valence-electron chi connectivity index (χ0n) is 15.3. The van der Waals surface area contributed by atoms with Crippen LogP contribution in [-0.2, 0) is 6.61 Å². The van der Waals surface area contributed by atoms with Gasteiger partial charge in [-0.1, -0.05) is 78.9 Å². The number of hydrogen-bond acceptors (Lipinski definition) is 3. The predicted molar refractivity (Wildman–Crippen MR) is 119 cm³/mol. The van der Waals surface area contributed by atoms with E-state index in [-0.39, 0.29) is 5.11 Å². The SMILES string of the molecule is NC(=S)N/N=C(/C=C/c1ccc(OCc2ccccc2)cc1)c1ccccc1. The molecule has 0 spiro atoms. The maximum atomic E-state index is 5.82. The second kappa shape index (κ2) is 10.0. The van der Waals surface area contributed by atoms with Gasteiger partial charge in [0.2, 0.25) is 0 Å². The van der Waals surface area contributed by atoms with Gasteiger partial charge in [0.05, 0.1) is 5.71 Å². The molecule has 5 heteroatoms. The van der Waals surface area contributed by atoms with Crippen molar-refractivity contribution in [2.75, 3.05) is 0 Å². The molecule has 3 aromatic carbocycles. The van der Waals surface area contributed by atoms with E-state index in [1.807, 2.05) is 97.1 Å². The van der Waals surface area contributed by atoms with E-state index >= 15 is 0 Å². The molecule has 0 fully saturated rings. The Kier molecular flexibility index (Phi) is 6.93. The first kappa shape index (κ1) is 19.3. The van der Waals surface area contributed by atoms with Gasteiger partial charge in [-0.25, -0.2) is 0 Å². The normalized spacial score (nSPS) is 11.4. The highest BCUT2D eigenvalue weighted by Crippen LogP contribution is 2.15. The van der Waals surface area contributed by atoms with E-state index in [1.54, 1.807) is 0 Å². The Bertz CT molecular complexity index is 952. The summed E-state index contributed by atoms with van der Waals surface area (Å²) in [6.45, 7) is 0.547. The van der Waals surface area contributed by atoms with Crippen LogP contribution in [0.25, 0.3) is 6.08 Å². The lowest BCUT2D eigenvalue weighted by Crippen LogP contribution is -2.25. The summed E-state index contributed by atoms with van der Waals surface area (Å²) in [5.41, 5.74) is 12.0. The van der Waals surface area contributed by atoms with Gasteiger partial charge < -0.3 is 10.5 Å². The number of ether oxygens (including phenoxy) is 1. The summed E-state index contributed by atoms with van der Waals surface area (Å²) in [5.74, 6) is 0.827. The van der Waals surface area contributed by atoms with Gasteiger partial charge in [-0.15, -0.1) is 0 Å². The van der Waals surface area contributed by atoms with Gasteiger partial charge in [-0.05, 0) is 41.6 Å². The predicted octanol–water partition coefficient (Wildman–Crippen LogP) is 4.52. The van der Waals surface area contributed by atoms with Crippen molar-refractivity contribution >= 4 is 29.1 Å². The Morgan fingerprint density at radius 2 is 1.57 bits per heavy atom. The average Bonchev–Trinajstić information content (AvgIpc) is 2.74. The second-order valence-electron chi connectivity index (χ2n) is 6.02. The molecule has 0 atom stereocenters. The number of hydrogen-bond donors (Lipinski definition) is 2. The minimum atomic E-state index is 0.127. The van der Waals surface area contributed by atoms with E-state index in [4.69, 9.17) is 22.7 Å². The van der Waals surface area contributed by atoms with Crippen molar-refractivity contribution in [2.45, 2.75) is 6.61 Å². The number of hydrazone groups is 1. The van der Waals surface area contributed by atoms with E-state index in [0.717, 1.165) is 28.2 Å². The molecule has 0 bridgehead atoms. The van der Waals surface area contributed by atoms with Crippen molar-refractivity contribution in [3.63, 3.8) is 0 Å². The van der Waals surface area contributed by atoms with Gasteiger partial charge in [0.15, 0.2) is 5.11 Å². The van der Waals surface area contributed by atoms with Crippen LogP contribution in [0.1, 0.15) is 16.7 Å². The van der Waals surface area contributed by atoms with Gasteiger partial charge in [0, 0.05) is 5.56 Å². The van der Waals surface area contributed by atoms with E-state index in [0.29, 0.717) is 6.61 Å². The molecule has 0 aliphatic heterocycles. The number of nitrogens with two attached hydrogens (primary N) is 1. The fourth-order valence-corrected chi connectivity index (χ4v) is 2.56. The molecule has 28 heavy (non-hydrogen) atoms. The van der Waals surface area contributed by atoms with Gasteiger partial charge in [0.25, 0.3) is 0 Å². The third kappa shape index (κ3) is 6.07. The van der Waals surface area contributed by atoms with E-state index in [9.17, 15) is 0 Å². The van der Waals surface area contributed by atoms with Gasteiger partial charge in [-0.2, -0.15) is 5.10 Å². The molecule has 0 radical (unpaired) electrons. The van der Waals surface area contributed by atoms with Crippen molar-refractivity contribution in [1.29, 1.82) is 0 Å². The number of rotatable bonds is 7. The Hall–Kier alpha value is -3.44. The average molecular weight is 388 g/mol. The largest absolute Gasteiger partial charge is 0.489 e. The lowest BCUT2D eigenvalue weighted by molar-refractivity contribution is 0.306. The highest BCUT2D eigenvalue weighted by Gasteiger charge is 2.00. The van der Waals surface area contributed by atoms with Crippen LogP contribution in [0.3, 0.4) is 0 Å². The molecule has 3 N–H and O–H groups in total. The van der Waals surface area contributed by atoms with Crippen LogP contribution in [0.15, 0.2) is 96.1 Å². The zero-order valence-corrected chi connectivity index (χ0v) is 16.1. The first-order valence-electron chi connectivity index (χ1n) is 8.84. The molecule has 0 unspecified atom stereocenters. The van der Waals surface area contributed by atoms with Crippen LogP contribution < -0.4 is 15.9 Å². The number of benzene rings is 3. The molecule has 140 valence electrons. The summed E-state index contributed by atoms with van der Waals surface area (Å²) in [5, 5.41) is 4.40. The third-order valence-corrected chi connectivity index (χ3v) is 4.01. The van der Waals surface area contributed by atoms with E-state index in [2.05, 4.69) is 10.5 Å². The zero-order chi connectivity index (χ0) is 19.6.